The lowest BCUT2D eigenvalue weighted by Gasteiger charge is -2.48. The number of aliphatic hydroxyl groups excluding tert-OH is 10. The zero-order valence-electron chi connectivity index (χ0n) is 21.8. The zero-order chi connectivity index (χ0) is 29.8. The van der Waals surface area contributed by atoms with E-state index in [1.165, 1.54) is 0 Å². The molecule has 0 bridgehead atoms. The predicted molar refractivity (Wildman–Crippen MR) is 130 cm³/mol. The summed E-state index contributed by atoms with van der Waals surface area (Å²) in [5.41, 5.74) is 0.764. The molecule has 16 heteroatoms. The van der Waals surface area contributed by atoms with Crippen LogP contribution in [0.2, 0.25) is 0 Å². The summed E-state index contributed by atoms with van der Waals surface area (Å²) >= 11 is 0. The highest BCUT2D eigenvalue weighted by atomic mass is 16.8. The molecule has 0 spiro atoms. The van der Waals surface area contributed by atoms with Crippen LogP contribution in [0.15, 0.2) is 30.3 Å². The highest BCUT2D eigenvalue weighted by Crippen LogP contribution is 2.32. The highest BCUT2D eigenvalue weighted by Gasteiger charge is 2.53. The van der Waals surface area contributed by atoms with Crippen LogP contribution in [-0.4, -0.2) is 163 Å². The molecule has 3 heterocycles. The minimum absolute atomic E-state index is 0.0314. The van der Waals surface area contributed by atoms with Gasteiger partial charge in [-0.1, -0.05) is 30.3 Å². The molecular formula is C25H38O16. The third-order valence-corrected chi connectivity index (χ3v) is 7.33. The van der Waals surface area contributed by atoms with Gasteiger partial charge in [-0.2, -0.15) is 0 Å². The molecule has 10 N–H and O–H groups in total. The number of aliphatic hydroxyl groups is 10. The highest BCUT2D eigenvalue weighted by molar-refractivity contribution is 5.13. The Labute approximate surface area is 234 Å². The number of hydrogen-bond donors (Lipinski definition) is 10. The van der Waals surface area contributed by atoms with Crippen molar-refractivity contribution in [1.82, 2.24) is 0 Å². The summed E-state index contributed by atoms with van der Waals surface area (Å²) in [4.78, 5) is 0. The lowest BCUT2D eigenvalue weighted by molar-refractivity contribution is -0.379. The molecule has 0 aromatic heterocycles. The fourth-order valence-electron chi connectivity index (χ4n) is 4.93. The van der Waals surface area contributed by atoms with Gasteiger partial charge in [0.05, 0.1) is 26.4 Å². The first-order valence-electron chi connectivity index (χ1n) is 13.1. The van der Waals surface area contributed by atoms with E-state index < -0.39 is 112 Å². The van der Waals surface area contributed by atoms with Gasteiger partial charge in [0.2, 0.25) is 0 Å². The third-order valence-electron chi connectivity index (χ3n) is 7.33. The Morgan fingerprint density at radius 2 is 0.951 bits per heavy atom. The first-order chi connectivity index (χ1) is 19.6. The first kappa shape index (κ1) is 32.5. The number of hydrogen-bond acceptors (Lipinski definition) is 16. The van der Waals surface area contributed by atoms with Crippen molar-refractivity contribution in [3.05, 3.63) is 35.9 Å². The number of rotatable bonds is 10. The van der Waals surface area contributed by atoms with Crippen molar-refractivity contribution in [3.8, 4) is 0 Å². The lowest BCUT2D eigenvalue weighted by Crippen LogP contribution is -2.66. The molecule has 4 rings (SSSR count). The van der Waals surface area contributed by atoms with Crippen molar-refractivity contribution in [3.63, 3.8) is 0 Å². The predicted octanol–water partition coefficient (Wildman–Crippen LogP) is -5.35. The molecular weight excluding hydrogens is 556 g/mol. The lowest BCUT2D eigenvalue weighted by atomic mass is 9.96. The van der Waals surface area contributed by atoms with Crippen molar-refractivity contribution in [1.29, 1.82) is 0 Å². The second-order valence-corrected chi connectivity index (χ2v) is 10.1. The normalized spacial score (nSPS) is 45.5. The summed E-state index contributed by atoms with van der Waals surface area (Å²) in [6.07, 6.45) is -24.2. The van der Waals surface area contributed by atoms with Crippen molar-refractivity contribution >= 4 is 0 Å². The fourth-order valence-corrected chi connectivity index (χ4v) is 4.93. The van der Waals surface area contributed by atoms with Gasteiger partial charge in [-0.15, -0.1) is 0 Å². The maximum absolute atomic E-state index is 10.8. The van der Waals surface area contributed by atoms with E-state index in [1.807, 2.05) is 6.07 Å². The van der Waals surface area contributed by atoms with E-state index >= 15 is 0 Å². The Hall–Kier alpha value is -1.42. The van der Waals surface area contributed by atoms with Gasteiger partial charge in [0, 0.05) is 0 Å². The van der Waals surface area contributed by atoms with E-state index in [0.29, 0.717) is 0 Å². The fraction of sp³-hybridized carbons (Fsp3) is 0.760. The second-order valence-electron chi connectivity index (χ2n) is 10.1. The molecule has 1 aromatic carbocycles. The van der Waals surface area contributed by atoms with E-state index in [-0.39, 0.29) is 6.61 Å². The monoisotopic (exact) mass is 594 g/mol. The van der Waals surface area contributed by atoms with Gasteiger partial charge in [-0.3, -0.25) is 0 Å². The molecule has 1 aromatic rings. The van der Waals surface area contributed by atoms with Crippen LogP contribution in [0.25, 0.3) is 0 Å². The molecule has 16 nitrogen and oxygen atoms in total. The molecule has 41 heavy (non-hydrogen) atoms. The molecule has 15 atom stereocenters. The third kappa shape index (κ3) is 7.05. The van der Waals surface area contributed by atoms with Gasteiger partial charge in [0.25, 0.3) is 0 Å². The van der Waals surface area contributed by atoms with Gasteiger partial charge >= 0.3 is 0 Å². The molecule has 0 saturated carbocycles. The van der Waals surface area contributed by atoms with Gasteiger partial charge in [-0.25, -0.2) is 0 Å². The summed E-state index contributed by atoms with van der Waals surface area (Å²) in [5, 5.41) is 102. The average molecular weight is 595 g/mol. The number of ether oxygens (including phenoxy) is 6. The average Bonchev–Trinajstić information content (AvgIpc) is 2.99. The van der Waals surface area contributed by atoms with Crippen LogP contribution in [0, 0.1) is 0 Å². The van der Waals surface area contributed by atoms with Gasteiger partial charge in [0.1, 0.15) is 73.2 Å². The van der Waals surface area contributed by atoms with Gasteiger partial charge < -0.3 is 79.5 Å². The first-order valence-corrected chi connectivity index (χ1v) is 13.1. The van der Waals surface area contributed by atoms with Crippen LogP contribution in [0.1, 0.15) is 5.56 Å². The Morgan fingerprint density at radius 1 is 0.512 bits per heavy atom. The molecule has 3 aliphatic rings. The van der Waals surface area contributed by atoms with Crippen LogP contribution in [0.4, 0.5) is 0 Å². The summed E-state index contributed by atoms with van der Waals surface area (Å²) in [5.74, 6) is 0. The van der Waals surface area contributed by atoms with Crippen LogP contribution in [0.3, 0.4) is 0 Å². The van der Waals surface area contributed by atoms with Gasteiger partial charge in [0.15, 0.2) is 18.9 Å². The Bertz CT molecular complexity index is 920. The molecule has 3 saturated heterocycles. The smallest absolute Gasteiger partial charge is 0.187 e. The molecule has 0 aliphatic carbocycles. The molecule has 3 fully saturated rings. The molecule has 3 aliphatic heterocycles. The summed E-state index contributed by atoms with van der Waals surface area (Å²) in [7, 11) is 0. The maximum Gasteiger partial charge on any atom is 0.187 e. The van der Waals surface area contributed by atoms with E-state index in [1.54, 1.807) is 24.3 Å². The largest absolute Gasteiger partial charge is 0.394 e. The van der Waals surface area contributed by atoms with E-state index in [4.69, 9.17) is 28.4 Å². The molecule has 0 amide bonds. The van der Waals surface area contributed by atoms with Crippen LogP contribution < -0.4 is 0 Å². The van der Waals surface area contributed by atoms with Crippen molar-refractivity contribution in [2.75, 3.05) is 19.8 Å². The van der Waals surface area contributed by atoms with Crippen LogP contribution >= 0.6 is 0 Å². The summed E-state index contributed by atoms with van der Waals surface area (Å²) in [6, 6.07) is 8.94. The van der Waals surface area contributed by atoms with Gasteiger partial charge in [-0.05, 0) is 5.56 Å². The summed E-state index contributed by atoms with van der Waals surface area (Å²) < 4.78 is 33.1. The minimum atomic E-state index is -1.90. The molecule has 0 radical (unpaired) electrons. The number of benzene rings is 1. The van der Waals surface area contributed by atoms with Crippen molar-refractivity contribution in [2.45, 2.75) is 98.7 Å². The Balaban J connectivity index is 1.41. The summed E-state index contributed by atoms with van der Waals surface area (Å²) in [6.45, 7) is -2.21. The maximum atomic E-state index is 10.8. The SMILES string of the molecule is OC[C@H]1O[C@H](O[C@@H]2[C@H](O)[C@@H](O)[C@H](O[C@H]3[C@H](O)[C@@H](O)C(OCc4ccccc4)O[C@@H]3CO)O[C@@H]2CO)[C@H](O)[C@@H](O)[C@H]1O. The van der Waals surface area contributed by atoms with E-state index in [0.717, 1.165) is 5.56 Å². The Kier molecular flexibility index (Phi) is 11.4. The van der Waals surface area contributed by atoms with Crippen LogP contribution in [-0.2, 0) is 35.0 Å². The standard InChI is InChI=1S/C25H38O16/c26-6-11-14(29)15(30)18(33)24(37-11)40-22-13(8-28)39-25(20(35)17(22)32)41-21-12(7-27)38-23(19(34)16(21)31)36-9-10-4-2-1-3-5-10/h1-5,11-35H,6-9H2/t11-,12-,13-,14+,15+,16-,17-,18-,19-,20-,21-,22+,23?,24-,25+/m1/s1. The Morgan fingerprint density at radius 3 is 1.46 bits per heavy atom. The van der Waals surface area contributed by atoms with Crippen LogP contribution in [0.5, 0.6) is 0 Å². The van der Waals surface area contributed by atoms with Crippen molar-refractivity contribution in [2.24, 2.45) is 0 Å². The minimum Gasteiger partial charge on any atom is -0.394 e. The second kappa shape index (κ2) is 14.4. The topological polar surface area (TPSA) is 258 Å². The molecule has 234 valence electrons. The van der Waals surface area contributed by atoms with E-state index in [9.17, 15) is 51.1 Å². The zero-order valence-corrected chi connectivity index (χ0v) is 21.8. The quantitative estimate of drug-likeness (QED) is 0.121. The molecule has 1 unspecified atom stereocenters. The van der Waals surface area contributed by atoms with E-state index in [2.05, 4.69) is 0 Å². The van der Waals surface area contributed by atoms with Crippen molar-refractivity contribution < 1.29 is 79.5 Å².